The molecule has 0 unspecified atom stereocenters. The van der Waals surface area contributed by atoms with Crippen molar-refractivity contribution >= 4 is 28.3 Å². The number of halogens is 1. The van der Waals surface area contributed by atoms with E-state index >= 15 is 0 Å². The van der Waals surface area contributed by atoms with Crippen LogP contribution in [0.15, 0.2) is 21.6 Å². The van der Waals surface area contributed by atoms with Crippen LogP contribution in [-0.4, -0.2) is 51.9 Å². The Hall–Kier alpha value is -1.09. The summed E-state index contributed by atoms with van der Waals surface area (Å²) < 4.78 is 31.8. The molecule has 2 N–H and O–H groups in total. The monoisotopic (exact) mass is 353 g/mol. The molecule has 1 rings (SSSR count). The van der Waals surface area contributed by atoms with Crippen LogP contribution < -0.4 is 10.0 Å². The summed E-state index contributed by atoms with van der Waals surface area (Å²) in [7, 11) is -0.359. The molecule has 0 aliphatic heterocycles. The highest BCUT2D eigenvalue weighted by atomic mass is 35.5. The minimum Gasteiger partial charge on any atom is -0.438 e. The largest absolute Gasteiger partial charge is 0.438 e. The smallest absolute Gasteiger partial charge is 0.289 e. The summed E-state index contributed by atoms with van der Waals surface area (Å²) in [6.45, 7) is 6.32. The Bertz CT molecular complexity index is 593. The van der Waals surface area contributed by atoms with Gasteiger partial charge in [-0.25, -0.2) is 13.1 Å². The third kappa shape index (κ3) is 5.96. The molecule has 128 valence electrons. The van der Waals surface area contributed by atoms with Gasteiger partial charge in [0.05, 0.1) is 0 Å². The first kappa shape index (κ1) is 20.9. The van der Waals surface area contributed by atoms with E-state index in [1.807, 2.05) is 0 Å². The van der Waals surface area contributed by atoms with Gasteiger partial charge in [0.25, 0.3) is 15.9 Å². The van der Waals surface area contributed by atoms with Gasteiger partial charge in [0.1, 0.15) is 0 Å². The Balaban J connectivity index is 0.00000441. The zero-order chi connectivity index (χ0) is 16.3. The maximum Gasteiger partial charge on any atom is 0.289 e. The summed E-state index contributed by atoms with van der Waals surface area (Å²) in [5.41, 5.74) is -0.626. The van der Waals surface area contributed by atoms with Crippen LogP contribution in [0.2, 0.25) is 0 Å². The molecular formula is C13H24ClN3O4S. The van der Waals surface area contributed by atoms with Crippen molar-refractivity contribution in [1.29, 1.82) is 0 Å². The Kier molecular flexibility index (Phi) is 7.56. The normalized spacial score (nSPS) is 11.9. The molecule has 22 heavy (non-hydrogen) atoms. The van der Waals surface area contributed by atoms with Crippen LogP contribution in [-0.2, 0) is 10.0 Å². The average molecular weight is 354 g/mol. The van der Waals surface area contributed by atoms with Crippen LogP contribution in [0, 0.1) is 0 Å². The second kappa shape index (κ2) is 7.96. The van der Waals surface area contributed by atoms with Crippen LogP contribution >= 0.6 is 12.4 Å². The van der Waals surface area contributed by atoms with Crippen molar-refractivity contribution in [2.24, 2.45) is 0 Å². The van der Waals surface area contributed by atoms with Gasteiger partial charge >= 0.3 is 0 Å². The lowest BCUT2D eigenvalue weighted by molar-refractivity contribution is 0.0759. The van der Waals surface area contributed by atoms with Gasteiger partial charge in [-0.2, -0.15) is 0 Å². The molecule has 1 amide bonds. The summed E-state index contributed by atoms with van der Waals surface area (Å²) >= 11 is 0. The van der Waals surface area contributed by atoms with E-state index in [1.54, 1.807) is 34.9 Å². The quantitative estimate of drug-likeness (QED) is 0.798. The standard InChI is InChI=1S/C13H23N3O4S.ClH/c1-13(2,3)15-21(18,19)11-7-6-10(20-11)12(17)16(5)9-8-14-4;/h6-7,14-15H,8-9H2,1-5H3;1H. The predicted octanol–water partition coefficient (Wildman–Crippen LogP) is 1.07. The van der Waals surface area contributed by atoms with Crippen LogP contribution in [0.25, 0.3) is 0 Å². The topological polar surface area (TPSA) is 91.7 Å². The van der Waals surface area contributed by atoms with Crippen molar-refractivity contribution in [3.05, 3.63) is 17.9 Å². The molecule has 0 bridgehead atoms. The van der Waals surface area contributed by atoms with Crippen molar-refractivity contribution in [1.82, 2.24) is 14.9 Å². The van der Waals surface area contributed by atoms with Crippen molar-refractivity contribution in [3.63, 3.8) is 0 Å². The fourth-order valence-corrected chi connectivity index (χ4v) is 2.96. The van der Waals surface area contributed by atoms with Crippen LogP contribution in [0.4, 0.5) is 0 Å². The van der Waals surface area contributed by atoms with E-state index in [0.29, 0.717) is 13.1 Å². The lowest BCUT2D eigenvalue weighted by atomic mass is 10.1. The maximum absolute atomic E-state index is 12.1. The number of nitrogens with zero attached hydrogens (tertiary/aromatic N) is 1. The van der Waals surface area contributed by atoms with Crippen LogP contribution in [0.5, 0.6) is 0 Å². The third-order valence-electron chi connectivity index (χ3n) is 2.54. The molecule has 7 nitrogen and oxygen atoms in total. The predicted molar refractivity (Wildman–Crippen MR) is 86.9 cm³/mol. The Morgan fingerprint density at radius 1 is 1.32 bits per heavy atom. The second-order valence-corrected chi connectivity index (χ2v) is 7.42. The molecule has 0 aliphatic rings. The first-order chi connectivity index (χ1) is 9.57. The molecule has 0 aromatic carbocycles. The van der Waals surface area contributed by atoms with Gasteiger partial charge in [0.2, 0.25) is 5.09 Å². The first-order valence-corrected chi connectivity index (χ1v) is 8.09. The van der Waals surface area contributed by atoms with E-state index in [0.717, 1.165) is 0 Å². The number of carbonyl (C=O) groups excluding carboxylic acids is 1. The number of hydrogen-bond donors (Lipinski definition) is 2. The molecule has 0 atom stereocenters. The fraction of sp³-hybridized carbons (Fsp3) is 0.615. The molecule has 0 radical (unpaired) electrons. The van der Waals surface area contributed by atoms with Crippen molar-refractivity contribution in [2.45, 2.75) is 31.4 Å². The summed E-state index contributed by atoms with van der Waals surface area (Å²) in [6.07, 6.45) is 0. The van der Waals surface area contributed by atoms with Gasteiger partial charge in [-0.3, -0.25) is 4.79 Å². The first-order valence-electron chi connectivity index (χ1n) is 6.61. The Labute approximate surface area is 137 Å². The van der Waals surface area contributed by atoms with Gasteiger partial charge in [-0.15, -0.1) is 12.4 Å². The third-order valence-corrected chi connectivity index (χ3v) is 4.17. The summed E-state index contributed by atoms with van der Waals surface area (Å²) in [6, 6.07) is 2.66. The van der Waals surface area contributed by atoms with Crippen molar-refractivity contribution < 1.29 is 17.6 Å². The average Bonchev–Trinajstić information content (AvgIpc) is 2.82. The molecule has 1 aromatic heterocycles. The molecule has 0 aliphatic carbocycles. The number of likely N-dealkylation sites (N-methyl/N-ethyl adjacent to an activating group) is 2. The highest BCUT2D eigenvalue weighted by Crippen LogP contribution is 2.17. The summed E-state index contributed by atoms with van der Waals surface area (Å²) in [5.74, 6) is -0.356. The summed E-state index contributed by atoms with van der Waals surface area (Å²) in [4.78, 5) is 13.5. The zero-order valence-electron chi connectivity index (χ0n) is 13.5. The van der Waals surface area contributed by atoms with E-state index < -0.39 is 15.6 Å². The molecule has 0 fully saturated rings. The van der Waals surface area contributed by atoms with E-state index in [2.05, 4.69) is 10.0 Å². The number of nitrogens with one attached hydrogen (secondary N) is 2. The fourth-order valence-electron chi connectivity index (χ4n) is 1.60. The molecule has 1 aromatic rings. The number of amides is 1. The SMILES string of the molecule is CNCCN(C)C(=O)c1ccc(S(=O)(=O)NC(C)(C)C)o1.Cl. The maximum atomic E-state index is 12.1. The Morgan fingerprint density at radius 3 is 2.41 bits per heavy atom. The second-order valence-electron chi connectivity index (χ2n) is 5.80. The van der Waals surface area contributed by atoms with E-state index in [4.69, 9.17) is 4.42 Å². The number of carbonyl (C=O) groups is 1. The molecule has 0 spiro atoms. The van der Waals surface area contributed by atoms with Crippen LogP contribution in [0.1, 0.15) is 31.3 Å². The Morgan fingerprint density at radius 2 is 1.91 bits per heavy atom. The number of hydrogen-bond acceptors (Lipinski definition) is 5. The highest BCUT2D eigenvalue weighted by molar-refractivity contribution is 7.89. The van der Waals surface area contributed by atoms with Gasteiger partial charge in [-0.05, 0) is 40.0 Å². The number of furan rings is 1. The molecule has 0 saturated heterocycles. The highest BCUT2D eigenvalue weighted by Gasteiger charge is 2.26. The lowest BCUT2D eigenvalue weighted by Crippen LogP contribution is -2.40. The van der Waals surface area contributed by atoms with Crippen LogP contribution in [0.3, 0.4) is 0 Å². The van der Waals surface area contributed by atoms with Gasteiger partial charge < -0.3 is 14.6 Å². The van der Waals surface area contributed by atoms with Crippen molar-refractivity contribution in [3.8, 4) is 0 Å². The summed E-state index contributed by atoms with van der Waals surface area (Å²) in [5, 5.41) is 2.67. The lowest BCUT2D eigenvalue weighted by Gasteiger charge is -2.19. The molecule has 1 heterocycles. The van der Waals surface area contributed by atoms with E-state index in [9.17, 15) is 13.2 Å². The van der Waals surface area contributed by atoms with E-state index in [1.165, 1.54) is 17.0 Å². The minimum atomic E-state index is -3.77. The molecule has 0 saturated carbocycles. The molecule has 9 heteroatoms. The van der Waals surface area contributed by atoms with Gasteiger partial charge in [0, 0.05) is 25.7 Å². The number of sulfonamides is 1. The van der Waals surface area contributed by atoms with E-state index in [-0.39, 0.29) is 29.2 Å². The van der Waals surface area contributed by atoms with Gasteiger partial charge in [-0.1, -0.05) is 0 Å². The number of rotatable bonds is 6. The molecular weight excluding hydrogens is 330 g/mol. The minimum absolute atomic E-state index is 0. The zero-order valence-corrected chi connectivity index (χ0v) is 15.1. The van der Waals surface area contributed by atoms with Gasteiger partial charge in [0.15, 0.2) is 5.76 Å². The van der Waals surface area contributed by atoms with Crippen molar-refractivity contribution in [2.75, 3.05) is 27.2 Å².